The summed E-state index contributed by atoms with van der Waals surface area (Å²) in [6.07, 6.45) is 0.506. The zero-order chi connectivity index (χ0) is 21.7. The SMILES string of the molecule is CC(=O)NC(Cc1ccccc1)C(=O)N1CCN(c2ccccc2C(C)(C)C)CC1. The average molecular weight is 408 g/mol. The minimum Gasteiger partial charge on any atom is -0.368 e. The van der Waals surface area contributed by atoms with Gasteiger partial charge in [0, 0.05) is 45.2 Å². The van der Waals surface area contributed by atoms with Gasteiger partial charge in [0.1, 0.15) is 6.04 Å². The number of rotatable bonds is 5. The highest BCUT2D eigenvalue weighted by Gasteiger charge is 2.29. The summed E-state index contributed by atoms with van der Waals surface area (Å²) in [6.45, 7) is 11.0. The minimum absolute atomic E-state index is 0.00203. The molecule has 1 saturated heterocycles. The second-order valence-electron chi connectivity index (χ2n) is 9.02. The van der Waals surface area contributed by atoms with Gasteiger partial charge in [-0.1, -0.05) is 69.3 Å². The Balaban J connectivity index is 1.68. The van der Waals surface area contributed by atoms with E-state index in [0.717, 1.165) is 18.7 Å². The van der Waals surface area contributed by atoms with Crippen LogP contribution >= 0.6 is 0 Å². The fraction of sp³-hybridized carbons (Fsp3) is 0.440. The van der Waals surface area contributed by atoms with E-state index in [1.54, 1.807) is 0 Å². The lowest BCUT2D eigenvalue weighted by atomic mass is 9.85. The normalized spacial score (nSPS) is 15.6. The number of benzene rings is 2. The number of amides is 2. The molecule has 1 aliphatic rings. The molecular formula is C25H33N3O2. The molecule has 5 nitrogen and oxygen atoms in total. The van der Waals surface area contributed by atoms with Crippen molar-refractivity contribution in [1.29, 1.82) is 0 Å². The number of para-hydroxylation sites is 1. The first-order valence-electron chi connectivity index (χ1n) is 10.7. The summed E-state index contributed by atoms with van der Waals surface area (Å²) in [4.78, 5) is 29.2. The van der Waals surface area contributed by atoms with E-state index in [1.807, 2.05) is 35.2 Å². The molecule has 30 heavy (non-hydrogen) atoms. The van der Waals surface area contributed by atoms with Crippen LogP contribution in [0.25, 0.3) is 0 Å². The molecule has 2 aromatic carbocycles. The number of nitrogens with one attached hydrogen (secondary N) is 1. The zero-order valence-corrected chi connectivity index (χ0v) is 18.5. The Labute approximate surface area is 180 Å². The van der Waals surface area contributed by atoms with Gasteiger partial charge >= 0.3 is 0 Å². The van der Waals surface area contributed by atoms with Crippen LogP contribution in [0.1, 0.15) is 38.8 Å². The number of hydrogen-bond donors (Lipinski definition) is 1. The fourth-order valence-corrected chi connectivity index (χ4v) is 4.07. The van der Waals surface area contributed by atoms with E-state index in [9.17, 15) is 9.59 Å². The zero-order valence-electron chi connectivity index (χ0n) is 18.5. The number of hydrogen-bond acceptors (Lipinski definition) is 3. The topological polar surface area (TPSA) is 52.7 Å². The van der Waals surface area contributed by atoms with Gasteiger partial charge in [-0.25, -0.2) is 0 Å². The molecule has 160 valence electrons. The van der Waals surface area contributed by atoms with E-state index >= 15 is 0 Å². The maximum Gasteiger partial charge on any atom is 0.245 e. The predicted octanol–water partition coefficient (Wildman–Crippen LogP) is 3.38. The van der Waals surface area contributed by atoms with Crippen LogP contribution in [0.4, 0.5) is 5.69 Å². The molecule has 1 atom stereocenters. The van der Waals surface area contributed by atoms with Gasteiger partial charge in [-0.2, -0.15) is 0 Å². The number of nitrogens with zero attached hydrogens (tertiary/aromatic N) is 2. The van der Waals surface area contributed by atoms with Gasteiger partial charge in [0.05, 0.1) is 0 Å². The Hall–Kier alpha value is -2.82. The third-order valence-corrected chi connectivity index (χ3v) is 5.60. The summed E-state index contributed by atoms with van der Waals surface area (Å²) < 4.78 is 0. The monoisotopic (exact) mass is 407 g/mol. The van der Waals surface area contributed by atoms with Gasteiger partial charge < -0.3 is 15.1 Å². The molecule has 0 saturated carbocycles. The van der Waals surface area contributed by atoms with E-state index in [2.05, 4.69) is 55.3 Å². The maximum absolute atomic E-state index is 13.2. The van der Waals surface area contributed by atoms with Crippen LogP contribution < -0.4 is 10.2 Å². The number of anilines is 1. The smallest absolute Gasteiger partial charge is 0.245 e. The standard InChI is InChI=1S/C25H33N3O2/c1-19(29)26-22(18-20-10-6-5-7-11-20)24(30)28-16-14-27(15-17-28)23-13-9-8-12-21(23)25(2,3)4/h5-13,22H,14-18H2,1-4H3,(H,26,29). The van der Waals surface area contributed by atoms with Crippen LogP contribution in [-0.4, -0.2) is 48.9 Å². The Morgan fingerprint density at radius 3 is 2.13 bits per heavy atom. The van der Waals surface area contributed by atoms with Crippen LogP contribution in [0.2, 0.25) is 0 Å². The molecule has 1 N–H and O–H groups in total. The average Bonchev–Trinajstić information content (AvgIpc) is 2.73. The molecule has 0 aromatic heterocycles. The fourth-order valence-electron chi connectivity index (χ4n) is 4.07. The van der Waals surface area contributed by atoms with Crippen molar-refractivity contribution in [3.8, 4) is 0 Å². The van der Waals surface area contributed by atoms with Gasteiger partial charge in [-0.15, -0.1) is 0 Å². The predicted molar refractivity (Wildman–Crippen MR) is 122 cm³/mol. The molecule has 0 spiro atoms. The van der Waals surface area contributed by atoms with Gasteiger partial charge in [-0.05, 0) is 22.6 Å². The summed E-state index contributed by atoms with van der Waals surface area (Å²) >= 11 is 0. The quantitative estimate of drug-likeness (QED) is 0.827. The summed E-state index contributed by atoms with van der Waals surface area (Å²) in [7, 11) is 0. The van der Waals surface area contributed by atoms with E-state index in [4.69, 9.17) is 0 Å². The highest BCUT2D eigenvalue weighted by Crippen LogP contribution is 2.32. The largest absolute Gasteiger partial charge is 0.368 e. The third-order valence-electron chi connectivity index (χ3n) is 5.60. The third kappa shape index (κ3) is 5.41. The van der Waals surface area contributed by atoms with Crippen LogP contribution in [-0.2, 0) is 21.4 Å². The lowest BCUT2D eigenvalue weighted by Gasteiger charge is -2.39. The Bertz CT molecular complexity index is 865. The summed E-state index contributed by atoms with van der Waals surface area (Å²) in [6, 6.07) is 17.8. The lowest BCUT2D eigenvalue weighted by Crippen LogP contribution is -2.55. The number of carbonyl (C=O) groups excluding carboxylic acids is 2. The lowest BCUT2D eigenvalue weighted by molar-refractivity contribution is -0.136. The molecule has 1 aliphatic heterocycles. The highest BCUT2D eigenvalue weighted by atomic mass is 16.2. The van der Waals surface area contributed by atoms with Crippen molar-refractivity contribution in [2.24, 2.45) is 0 Å². The first-order chi connectivity index (χ1) is 14.3. The van der Waals surface area contributed by atoms with Crippen molar-refractivity contribution in [1.82, 2.24) is 10.2 Å². The van der Waals surface area contributed by atoms with Crippen molar-refractivity contribution < 1.29 is 9.59 Å². The van der Waals surface area contributed by atoms with E-state index in [-0.39, 0.29) is 17.2 Å². The molecule has 0 radical (unpaired) electrons. The van der Waals surface area contributed by atoms with Gasteiger partial charge in [0.25, 0.3) is 0 Å². The molecule has 0 aliphatic carbocycles. The molecular weight excluding hydrogens is 374 g/mol. The summed E-state index contributed by atoms with van der Waals surface area (Å²) in [5.74, 6) is -0.181. The van der Waals surface area contributed by atoms with E-state index in [1.165, 1.54) is 18.2 Å². The van der Waals surface area contributed by atoms with Crippen molar-refractivity contribution in [3.63, 3.8) is 0 Å². The Morgan fingerprint density at radius 2 is 1.53 bits per heavy atom. The van der Waals surface area contributed by atoms with Crippen molar-refractivity contribution in [3.05, 3.63) is 65.7 Å². The van der Waals surface area contributed by atoms with Gasteiger partial charge in [0.15, 0.2) is 0 Å². The molecule has 3 rings (SSSR count). The molecule has 1 heterocycles. The van der Waals surface area contributed by atoms with Crippen LogP contribution in [0, 0.1) is 0 Å². The molecule has 5 heteroatoms. The maximum atomic E-state index is 13.2. The van der Waals surface area contributed by atoms with Crippen LogP contribution in [0.3, 0.4) is 0 Å². The summed E-state index contributed by atoms with van der Waals surface area (Å²) in [5.41, 5.74) is 3.68. The van der Waals surface area contributed by atoms with Crippen LogP contribution in [0.5, 0.6) is 0 Å². The van der Waals surface area contributed by atoms with Crippen molar-refractivity contribution in [2.45, 2.75) is 45.6 Å². The molecule has 2 amide bonds. The van der Waals surface area contributed by atoms with Crippen molar-refractivity contribution >= 4 is 17.5 Å². The van der Waals surface area contributed by atoms with Crippen molar-refractivity contribution in [2.75, 3.05) is 31.1 Å². The highest BCUT2D eigenvalue weighted by molar-refractivity contribution is 5.87. The van der Waals surface area contributed by atoms with Crippen LogP contribution in [0.15, 0.2) is 54.6 Å². The molecule has 1 fully saturated rings. The van der Waals surface area contributed by atoms with E-state index < -0.39 is 6.04 Å². The number of piperazine rings is 1. The van der Waals surface area contributed by atoms with E-state index in [0.29, 0.717) is 19.5 Å². The molecule has 1 unspecified atom stereocenters. The summed E-state index contributed by atoms with van der Waals surface area (Å²) in [5, 5.41) is 2.85. The second kappa shape index (κ2) is 9.33. The molecule has 2 aromatic rings. The first kappa shape index (κ1) is 21.9. The Kier molecular flexibility index (Phi) is 6.80. The van der Waals surface area contributed by atoms with Gasteiger partial charge in [0.2, 0.25) is 11.8 Å². The number of carbonyl (C=O) groups is 2. The molecule has 0 bridgehead atoms. The second-order valence-corrected chi connectivity index (χ2v) is 9.02. The van der Waals surface area contributed by atoms with Gasteiger partial charge in [-0.3, -0.25) is 9.59 Å². The minimum atomic E-state index is -0.529. The first-order valence-corrected chi connectivity index (χ1v) is 10.7. The Morgan fingerprint density at radius 1 is 0.933 bits per heavy atom.